The fraction of sp³-hybridized carbons (Fsp3) is 0.227. The maximum atomic E-state index is 13.3. The van der Waals surface area contributed by atoms with Crippen LogP contribution in [0.2, 0.25) is 0 Å². The lowest BCUT2D eigenvalue weighted by Crippen LogP contribution is -2.40. The minimum Gasteiger partial charge on any atom is -0.497 e. The van der Waals surface area contributed by atoms with Crippen LogP contribution < -0.4 is 10.1 Å². The zero-order valence-corrected chi connectivity index (χ0v) is 15.9. The molecule has 2 heterocycles. The zero-order chi connectivity index (χ0) is 19.5. The highest BCUT2D eigenvalue weighted by Gasteiger charge is 2.32. The third-order valence-electron chi connectivity index (χ3n) is 5.08. The van der Waals surface area contributed by atoms with Crippen LogP contribution in [0.25, 0.3) is 0 Å². The molecule has 1 atom stereocenters. The van der Waals surface area contributed by atoms with Gasteiger partial charge in [0.05, 0.1) is 18.7 Å². The fourth-order valence-corrected chi connectivity index (χ4v) is 3.69. The molecule has 1 amide bonds. The summed E-state index contributed by atoms with van der Waals surface area (Å²) >= 11 is 0. The Morgan fingerprint density at radius 3 is 2.68 bits per heavy atom. The Labute approximate surface area is 164 Å². The Bertz CT molecular complexity index is 988. The molecule has 0 aliphatic carbocycles. The maximum absolute atomic E-state index is 13.3. The van der Waals surface area contributed by atoms with E-state index >= 15 is 0 Å². The molecule has 3 aromatic rings. The number of aromatic nitrogens is 2. The Hall–Kier alpha value is -3.41. The van der Waals surface area contributed by atoms with Gasteiger partial charge in [0.2, 0.25) is 5.95 Å². The summed E-state index contributed by atoms with van der Waals surface area (Å²) in [6.07, 6.45) is 3.96. The molecule has 142 valence electrons. The van der Waals surface area contributed by atoms with Crippen LogP contribution in [0.15, 0.2) is 60.9 Å². The number of carbonyl (C=O) groups excluding carboxylic acids is 1. The largest absolute Gasteiger partial charge is 0.497 e. The maximum Gasteiger partial charge on any atom is 0.257 e. The van der Waals surface area contributed by atoms with Crippen molar-refractivity contribution in [3.8, 4) is 5.75 Å². The van der Waals surface area contributed by atoms with E-state index < -0.39 is 0 Å². The number of amides is 1. The van der Waals surface area contributed by atoms with Crippen LogP contribution in [0, 0.1) is 0 Å². The lowest BCUT2D eigenvalue weighted by atomic mass is 9.87. The molecule has 1 N–H and O–H groups in total. The molecule has 6 heteroatoms. The van der Waals surface area contributed by atoms with E-state index in [1.165, 1.54) is 5.56 Å². The van der Waals surface area contributed by atoms with Gasteiger partial charge in [-0.15, -0.1) is 0 Å². The van der Waals surface area contributed by atoms with Crippen molar-refractivity contribution in [1.29, 1.82) is 0 Å². The van der Waals surface area contributed by atoms with Gasteiger partial charge < -0.3 is 15.0 Å². The van der Waals surface area contributed by atoms with E-state index in [2.05, 4.69) is 27.4 Å². The van der Waals surface area contributed by atoms with E-state index in [-0.39, 0.29) is 11.9 Å². The Kier molecular flexibility index (Phi) is 4.93. The second-order valence-electron chi connectivity index (χ2n) is 6.67. The standard InChI is InChI=1S/C22H22N4O2/c1-23-22-24-13-17(14-25-22)21(27)26-11-10-15-6-3-4-9-19(15)20(26)16-7-5-8-18(12-16)28-2/h3-9,12-14,20H,10-11H2,1-2H3,(H,23,24,25). The summed E-state index contributed by atoms with van der Waals surface area (Å²) < 4.78 is 5.41. The summed E-state index contributed by atoms with van der Waals surface area (Å²) in [6, 6.07) is 16.0. The van der Waals surface area contributed by atoms with Crippen molar-refractivity contribution in [3.63, 3.8) is 0 Å². The number of hydrogen-bond donors (Lipinski definition) is 1. The van der Waals surface area contributed by atoms with Crippen LogP contribution in [0.5, 0.6) is 5.75 Å². The minimum absolute atomic E-state index is 0.0787. The number of fused-ring (bicyclic) bond motifs is 1. The van der Waals surface area contributed by atoms with Crippen molar-refractivity contribution in [2.45, 2.75) is 12.5 Å². The van der Waals surface area contributed by atoms with Gasteiger partial charge in [0.1, 0.15) is 5.75 Å². The fourth-order valence-electron chi connectivity index (χ4n) is 3.69. The number of rotatable bonds is 4. The molecule has 28 heavy (non-hydrogen) atoms. The molecule has 0 fully saturated rings. The van der Waals surface area contributed by atoms with Gasteiger partial charge in [-0.25, -0.2) is 9.97 Å². The van der Waals surface area contributed by atoms with Crippen LogP contribution in [0.1, 0.15) is 33.1 Å². The third kappa shape index (κ3) is 3.29. The Morgan fingerprint density at radius 2 is 1.93 bits per heavy atom. The van der Waals surface area contributed by atoms with Gasteiger partial charge in [0.15, 0.2) is 0 Å². The molecular weight excluding hydrogens is 352 g/mol. The summed E-state index contributed by atoms with van der Waals surface area (Å²) in [7, 11) is 3.40. The highest BCUT2D eigenvalue weighted by atomic mass is 16.5. The predicted molar refractivity (Wildman–Crippen MR) is 108 cm³/mol. The molecule has 0 saturated heterocycles. The SMILES string of the molecule is CNc1ncc(C(=O)N2CCc3ccccc3C2c2cccc(OC)c2)cn1. The average Bonchev–Trinajstić information content (AvgIpc) is 2.78. The number of anilines is 1. The molecule has 1 aromatic heterocycles. The third-order valence-corrected chi connectivity index (χ3v) is 5.08. The number of nitrogens with one attached hydrogen (secondary N) is 1. The van der Waals surface area contributed by atoms with Gasteiger partial charge in [-0.05, 0) is 35.2 Å². The zero-order valence-electron chi connectivity index (χ0n) is 15.9. The van der Waals surface area contributed by atoms with E-state index in [0.717, 1.165) is 23.3 Å². The van der Waals surface area contributed by atoms with Crippen molar-refractivity contribution in [2.75, 3.05) is 26.0 Å². The highest BCUT2D eigenvalue weighted by molar-refractivity contribution is 5.94. The number of ether oxygens (including phenoxy) is 1. The molecule has 1 unspecified atom stereocenters. The van der Waals surface area contributed by atoms with Crippen LogP contribution in [0.3, 0.4) is 0 Å². The van der Waals surface area contributed by atoms with E-state index in [0.29, 0.717) is 18.1 Å². The summed E-state index contributed by atoms with van der Waals surface area (Å²) in [5, 5.41) is 2.87. The molecule has 4 rings (SSSR count). The van der Waals surface area contributed by atoms with Gasteiger partial charge >= 0.3 is 0 Å². The van der Waals surface area contributed by atoms with Crippen LogP contribution in [0.4, 0.5) is 5.95 Å². The average molecular weight is 374 g/mol. The summed E-state index contributed by atoms with van der Waals surface area (Å²) in [5.74, 6) is 1.18. The van der Waals surface area contributed by atoms with E-state index in [1.807, 2.05) is 41.3 Å². The molecule has 6 nitrogen and oxygen atoms in total. The van der Waals surface area contributed by atoms with Gasteiger partial charge in [0, 0.05) is 26.0 Å². The molecule has 0 bridgehead atoms. The van der Waals surface area contributed by atoms with Crippen molar-refractivity contribution < 1.29 is 9.53 Å². The monoisotopic (exact) mass is 374 g/mol. The summed E-state index contributed by atoms with van der Waals surface area (Å²) in [4.78, 5) is 23.6. The Balaban J connectivity index is 1.77. The first-order valence-electron chi connectivity index (χ1n) is 9.24. The number of benzene rings is 2. The minimum atomic E-state index is -0.184. The van der Waals surface area contributed by atoms with E-state index in [1.54, 1.807) is 26.6 Å². The lowest BCUT2D eigenvalue weighted by Gasteiger charge is -2.37. The number of methoxy groups -OCH3 is 1. The molecule has 1 aliphatic rings. The normalized spacial score (nSPS) is 15.6. The van der Waals surface area contributed by atoms with E-state index in [4.69, 9.17) is 4.74 Å². The molecular formula is C22H22N4O2. The highest BCUT2D eigenvalue weighted by Crippen LogP contribution is 2.37. The topological polar surface area (TPSA) is 67.4 Å². The smallest absolute Gasteiger partial charge is 0.257 e. The lowest BCUT2D eigenvalue weighted by molar-refractivity contribution is 0.0693. The number of hydrogen-bond acceptors (Lipinski definition) is 5. The number of carbonyl (C=O) groups is 1. The van der Waals surface area contributed by atoms with Crippen molar-refractivity contribution in [1.82, 2.24) is 14.9 Å². The first-order chi connectivity index (χ1) is 13.7. The molecule has 2 aromatic carbocycles. The predicted octanol–water partition coefficient (Wildman–Crippen LogP) is 3.31. The van der Waals surface area contributed by atoms with Gasteiger partial charge in [-0.1, -0.05) is 36.4 Å². The van der Waals surface area contributed by atoms with Crippen molar-refractivity contribution >= 4 is 11.9 Å². The molecule has 1 aliphatic heterocycles. The van der Waals surface area contributed by atoms with Crippen molar-refractivity contribution in [3.05, 3.63) is 83.2 Å². The molecule has 0 spiro atoms. The first kappa shape index (κ1) is 18.0. The summed E-state index contributed by atoms with van der Waals surface area (Å²) in [5.41, 5.74) is 3.91. The molecule has 0 radical (unpaired) electrons. The van der Waals surface area contributed by atoms with Crippen LogP contribution in [-0.2, 0) is 6.42 Å². The van der Waals surface area contributed by atoms with Crippen LogP contribution >= 0.6 is 0 Å². The van der Waals surface area contributed by atoms with Gasteiger partial charge in [-0.2, -0.15) is 0 Å². The Morgan fingerprint density at radius 1 is 1.14 bits per heavy atom. The number of nitrogens with zero attached hydrogens (tertiary/aromatic N) is 3. The second-order valence-corrected chi connectivity index (χ2v) is 6.67. The van der Waals surface area contributed by atoms with E-state index in [9.17, 15) is 4.79 Å². The second kappa shape index (κ2) is 7.68. The quantitative estimate of drug-likeness (QED) is 0.759. The summed E-state index contributed by atoms with van der Waals surface area (Å²) in [6.45, 7) is 0.630. The van der Waals surface area contributed by atoms with Crippen LogP contribution in [-0.4, -0.2) is 41.5 Å². The first-order valence-corrected chi connectivity index (χ1v) is 9.24. The molecule has 0 saturated carbocycles. The van der Waals surface area contributed by atoms with Gasteiger partial charge in [-0.3, -0.25) is 4.79 Å². The van der Waals surface area contributed by atoms with Gasteiger partial charge in [0.25, 0.3) is 5.91 Å². The van der Waals surface area contributed by atoms with Crippen molar-refractivity contribution in [2.24, 2.45) is 0 Å².